The first-order valence-electron chi connectivity index (χ1n) is 13.5. The number of anilines is 2. The number of hydrogen-bond acceptors (Lipinski definition) is 5. The van der Waals surface area contributed by atoms with Crippen molar-refractivity contribution in [1.29, 1.82) is 0 Å². The molecule has 1 aliphatic rings. The van der Waals surface area contributed by atoms with Gasteiger partial charge in [-0.25, -0.2) is 9.97 Å². The normalized spacial score (nSPS) is 16.7. The zero-order valence-corrected chi connectivity index (χ0v) is 22.4. The number of alkyl halides is 6. The van der Waals surface area contributed by atoms with Gasteiger partial charge in [0.25, 0.3) is 0 Å². The summed E-state index contributed by atoms with van der Waals surface area (Å²) in [5.41, 5.74) is -0.792. The van der Waals surface area contributed by atoms with Gasteiger partial charge in [0.1, 0.15) is 11.6 Å². The Morgan fingerprint density at radius 3 is 2.44 bits per heavy atom. The second kappa shape index (κ2) is 11.6. The molecule has 0 aliphatic carbocycles. The Bertz CT molecular complexity index is 1500. The van der Waals surface area contributed by atoms with Crippen LogP contribution in [0.3, 0.4) is 0 Å². The lowest BCUT2D eigenvalue weighted by Crippen LogP contribution is -2.35. The van der Waals surface area contributed by atoms with E-state index < -0.39 is 23.5 Å². The number of nitrogens with one attached hydrogen (secondary N) is 1. The molecule has 2 aromatic heterocycles. The molecular formula is C30H29F6N5. The maximum absolute atomic E-state index is 13.7. The number of pyridine rings is 1. The molecule has 1 aliphatic heterocycles. The van der Waals surface area contributed by atoms with E-state index in [1.807, 2.05) is 0 Å². The first-order valence-corrected chi connectivity index (χ1v) is 13.5. The maximum atomic E-state index is 13.7. The molecule has 2 aromatic carbocycles. The molecular weight excluding hydrogens is 544 g/mol. The van der Waals surface area contributed by atoms with Crippen molar-refractivity contribution in [1.82, 2.24) is 19.9 Å². The third-order valence-electron chi connectivity index (χ3n) is 7.22. The molecule has 1 atom stereocenters. The summed E-state index contributed by atoms with van der Waals surface area (Å²) in [6.45, 7) is 5.18. The van der Waals surface area contributed by atoms with Crippen molar-refractivity contribution in [2.45, 2.75) is 45.0 Å². The van der Waals surface area contributed by atoms with Crippen molar-refractivity contribution < 1.29 is 26.3 Å². The van der Waals surface area contributed by atoms with Crippen molar-refractivity contribution in [3.05, 3.63) is 77.7 Å². The van der Waals surface area contributed by atoms with E-state index in [9.17, 15) is 26.3 Å². The number of piperidine rings is 1. The number of halogens is 6. The van der Waals surface area contributed by atoms with Crippen molar-refractivity contribution in [2.75, 3.05) is 25.0 Å². The minimum absolute atomic E-state index is 0.210. The summed E-state index contributed by atoms with van der Waals surface area (Å²) >= 11 is 0. The summed E-state index contributed by atoms with van der Waals surface area (Å²) in [5, 5.41) is 3.60. The lowest BCUT2D eigenvalue weighted by Gasteiger charge is -2.30. The average molecular weight is 574 g/mol. The Morgan fingerprint density at radius 1 is 0.951 bits per heavy atom. The highest BCUT2D eigenvalue weighted by molar-refractivity contribution is 5.93. The summed E-state index contributed by atoms with van der Waals surface area (Å²) in [6.07, 6.45) is -4.05. The predicted octanol–water partition coefficient (Wildman–Crippen LogP) is 8.14. The lowest BCUT2D eigenvalue weighted by atomic mass is 10.00. The van der Waals surface area contributed by atoms with Crippen LogP contribution in [0.4, 0.5) is 37.8 Å². The molecule has 41 heavy (non-hydrogen) atoms. The highest BCUT2D eigenvalue weighted by Crippen LogP contribution is 2.37. The minimum Gasteiger partial charge on any atom is -0.340 e. The second-order valence-corrected chi connectivity index (χ2v) is 10.5. The predicted molar refractivity (Wildman–Crippen MR) is 146 cm³/mol. The number of aromatic nitrogens is 3. The summed E-state index contributed by atoms with van der Waals surface area (Å²) in [6, 6.07) is 11.5. The number of nitrogens with zero attached hydrogens (tertiary/aromatic N) is 4. The van der Waals surface area contributed by atoms with Gasteiger partial charge in [-0.1, -0.05) is 13.0 Å². The van der Waals surface area contributed by atoms with Gasteiger partial charge in [0, 0.05) is 35.8 Å². The van der Waals surface area contributed by atoms with E-state index in [1.165, 1.54) is 36.9 Å². The van der Waals surface area contributed by atoms with Crippen LogP contribution in [0.2, 0.25) is 0 Å². The highest BCUT2D eigenvalue weighted by Gasteiger charge is 2.34. The van der Waals surface area contributed by atoms with Crippen LogP contribution in [0.5, 0.6) is 0 Å². The molecule has 1 unspecified atom stereocenters. The smallest absolute Gasteiger partial charge is 0.340 e. The molecule has 4 aromatic rings. The van der Waals surface area contributed by atoms with Crippen LogP contribution >= 0.6 is 0 Å². The summed E-state index contributed by atoms with van der Waals surface area (Å²) in [5.74, 6) is 1.50. The molecule has 5 nitrogen and oxygen atoms in total. The van der Waals surface area contributed by atoms with Crippen LogP contribution in [-0.2, 0) is 18.8 Å². The van der Waals surface area contributed by atoms with E-state index in [0.29, 0.717) is 40.6 Å². The maximum Gasteiger partial charge on any atom is 0.418 e. The topological polar surface area (TPSA) is 53.9 Å². The Kier molecular flexibility index (Phi) is 8.17. The fraction of sp³-hybridized carbons (Fsp3) is 0.367. The number of aryl methyl sites for hydroxylation is 1. The lowest BCUT2D eigenvalue weighted by molar-refractivity contribution is -0.138. The van der Waals surface area contributed by atoms with Crippen LogP contribution in [0, 0.1) is 5.92 Å². The molecule has 216 valence electrons. The van der Waals surface area contributed by atoms with E-state index in [4.69, 9.17) is 0 Å². The van der Waals surface area contributed by atoms with Crippen LogP contribution in [0.15, 0.2) is 60.8 Å². The Morgan fingerprint density at radius 2 is 1.73 bits per heavy atom. The molecule has 5 rings (SSSR count). The van der Waals surface area contributed by atoms with Crippen LogP contribution in [0.25, 0.3) is 22.2 Å². The van der Waals surface area contributed by atoms with Gasteiger partial charge in [0.2, 0.25) is 0 Å². The Balaban J connectivity index is 1.48. The third kappa shape index (κ3) is 6.95. The molecule has 1 fully saturated rings. The van der Waals surface area contributed by atoms with Crippen LogP contribution in [0.1, 0.15) is 43.1 Å². The standard InChI is InChI=1S/C30H29F6N5/c1-19-5-3-15-41(18-19)16-4-7-26-39-25-17-20(27-24(30(34,35)36)6-2-14-37-27)8-13-23(25)28(40-26)38-22-11-9-21(10-12-22)29(31,32)33/h2,6,8-14,17,19H,3-5,7,15-16,18H2,1H3,(H,38,39,40). The van der Waals surface area contributed by atoms with Gasteiger partial charge in [-0.2, -0.15) is 26.3 Å². The average Bonchev–Trinajstić information content (AvgIpc) is 2.92. The molecule has 0 spiro atoms. The number of benzene rings is 2. The molecule has 3 heterocycles. The minimum atomic E-state index is -4.59. The van der Waals surface area contributed by atoms with Gasteiger partial charge in [-0.3, -0.25) is 4.98 Å². The largest absolute Gasteiger partial charge is 0.418 e. The van der Waals surface area contributed by atoms with Crippen molar-refractivity contribution in [2.24, 2.45) is 5.92 Å². The molecule has 0 saturated carbocycles. The van der Waals surface area contributed by atoms with E-state index in [-0.39, 0.29) is 11.3 Å². The second-order valence-electron chi connectivity index (χ2n) is 10.5. The van der Waals surface area contributed by atoms with Crippen LogP contribution < -0.4 is 5.32 Å². The molecule has 0 bridgehead atoms. The summed E-state index contributed by atoms with van der Waals surface area (Å²) < 4.78 is 80.2. The quantitative estimate of drug-likeness (QED) is 0.226. The van der Waals surface area contributed by atoms with Crippen molar-refractivity contribution in [3.63, 3.8) is 0 Å². The monoisotopic (exact) mass is 573 g/mol. The fourth-order valence-electron chi connectivity index (χ4n) is 5.23. The van der Waals surface area contributed by atoms with Crippen LogP contribution in [-0.4, -0.2) is 39.5 Å². The molecule has 0 radical (unpaired) electrons. The van der Waals surface area contributed by atoms with Gasteiger partial charge < -0.3 is 10.2 Å². The molecule has 1 N–H and O–H groups in total. The first-order chi connectivity index (χ1) is 19.5. The summed E-state index contributed by atoms with van der Waals surface area (Å²) in [7, 11) is 0. The fourth-order valence-corrected chi connectivity index (χ4v) is 5.23. The summed E-state index contributed by atoms with van der Waals surface area (Å²) in [4.78, 5) is 15.7. The van der Waals surface area contributed by atoms with Crippen molar-refractivity contribution >= 4 is 22.4 Å². The number of hydrogen-bond donors (Lipinski definition) is 1. The number of likely N-dealkylation sites (tertiary alicyclic amines) is 1. The van der Waals surface area contributed by atoms with Gasteiger partial charge in [0.15, 0.2) is 0 Å². The van der Waals surface area contributed by atoms with Gasteiger partial charge in [-0.15, -0.1) is 0 Å². The SMILES string of the molecule is CC1CCCN(CCCc2nc(Nc3ccc(C(F)(F)F)cc3)c3ccc(-c4ncccc4C(F)(F)F)cc3n2)C1. The highest BCUT2D eigenvalue weighted by atomic mass is 19.4. The van der Waals surface area contributed by atoms with Crippen molar-refractivity contribution in [3.8, 4) is 11.3 Å². The first kappa shape index (κ1) is 28.8. The Labute approximate surface area is 233 Å². The van der Waals surface area contributed by atoms with Gasteiger partial charge in [0.05, 0.1) is 22.3 Å². The van der Waals surface area contributed by atoms with E-state index in [0.717, 1.165) is 50.7 Å². The number of rotatable bonds is 7. The van der Waals surface area contributed by atoms with E-state index in [1.54, 1.807) is 12.1 Å². The number of fused-ring (bicyclic) bond motifs is 1. The zero-order chi connectivity index (χ0) is 29.2. The molecule has 11 heteroatoms. The van der Waals surface area contributed by atoms with E-state index in [2.05, 4.69) is 32.1 Å². The molecule has 0 amide bonds. The van der Waals surface area contributed by atoms with Gasteiger partial charge >= 0.3 is 12.4 Å². The molecule has 1 saturated heterocycles. The van der Waals surface area contributed by atoms with E-state index >= 15 is 0 Å². The Hall–Kier alpha value is -3.73. The third-order valence-corrected chi connectivity index (χ3v) is 7.22. The zero-order valence-electron chi connectivity index (χ0n) is 22.4. The van der Waals surface area contributed by atoms with Gasteiger partial charge in [-0.05, 0) is 86.8 Å².